The average molecular weight is 1080 g/mol. The fraction of sp³-hybridized carbons (Fsp3) is 0.942. The molecule has 75 heavy (non-hydrogen) atoms. The van der Waals surface area contributed by atoms with Crippen molar-refractivity contribution in [1.29, 1.82) is 0 Å². The molecule has 0 bridgehead atoms. The molecule has 6 heterocycles. The van der Waals surface area contributed by atoms with Crippen LogP contribution in [0.1, 0.15) is 92.4 Å². The molecular formula is C52H82O23. The van der Waals surface area contributed by atoms with Crippen molar-refractivity contribution in [3.8, 4) is 0 Å². The van der Waals surface area contributed by atoms with Crippen molar-refractivity contribution in [2.45, 2.75) is 227 Å². The van der Waals surface area contributed by atoms with Gasteiger partial charge in [-0.2, -0.15) is 0 Å². The molecule has 428 valence electrons. The van der Waals surface area contributed by atoms with Gasteiger partial charge in [0.15, 0.2) is 37.1 Å². The van der Waals surface area contributed by atoms with Crippen molar-refractivity contribution in [3.05, 3.63) is 11.6 Å². The van der Waals surface area contributed by atoms with Crippen molar-refractivity contribution < 1.29 is 113 Å². The number of allylic oxidation sites excluding steroid dienone is 1. The third-order valence-electron chi connectivity index (χ3n) is 19.7. The second kappa shape index (κ2) is 22.0. The molecule has 0 aromatic rings. The van der Waals surface area contributed by atoms with E-state index in [1.165, 1.54) is 5.57 Å². The second-order valence-corrected chi connectivity index (χ2v) is 24.0. The Bertz CT molecular complexity index is 2010. The molecule has 6 aliphatic heterocycles. The smallest absolute Gasteiger partial charge is 0.303 e. The van der Waals surface area contributed by atoms with Gasteiger partial charge in [0.2, 0.25) is 0 Å². The van der Waals surface area contributed by atoms with E-state index in [1.807, 2.05) is 0 Å². The molecule has 10 aliphatic rings. The zero-order valence-corrected chi connectivity index (χ0v) is 43.4. The van der Waals surface area contributed by atoms with Gasteiger partial charge in [-0.05, 0) is 91.8 Å². The van der Waals surface area contributed by atoms with Gasteiger partial charge in [0.05, 0.1) is 45.2 Å². The fourth-order valence-electron chi connectivity index (χ4n) is 15.6. The van der Waals surface area contributed by atoms with E-state index in [2.05, 4.69) is 33.8 Å². The standard InChI is InChI=1S/C52H82O23/c1-21-8-13-52(66-19-21)22(2)34-30(75-52)15-28-26-7-6-24-14-25(9-11-50(24,4)27(26)10-12-51(28,34)5)68-48-44(67-23(3)56)41(64)42(33(18-55)71-48)72-49-45(74-47-40(63)38(61)36(59)31(16-53)69-47)43(37(60)32(17-54)70-49)73-46-39(62)35(58)29(57)20-65-46/h6,21-22,25-49,53-55,57-64H,7-20H2,1-5H3/t21-,22-,25-,26+,27-,28-,29+,30-,31+,32+,33+,34-,35-,36+,37+,38-,39+,40+,41-,42-,43-,44+,45+,46-,47-,48+,49-,50-,51-,52+/m0/s1. The second-order valence-electron chi connectivity index (χ2n) is 24.0. The molecular weight excluding hydrogens is 993 g/mol. The molecule has 3 saturated carbocycles. The van der Waals surface area contributed by atoms with Gasteiger partial charge in [-0.1, -0.05) is 39.3 Å². The number of rotatable bonds is 12. The van der Waals surface area contributed by atoms with E-state index in [9.17, 15) is 61.0 Å². The quantitative estimate of drug-likeness (QED) is 0.0760. The van der Waals surface area contributed by atoms with E-state index in [0.29, 0.717) is 48.3 Å². The molecule has 23 nitrogen and oxygen atoms in total. The van der Waals surface area contributed by atoms with E-state index in [-0.39, 0.29) is 16.9 Å². The summed E-state index contributed by atoms with van der Waals surface area (Å²) >= 11 is 0. The van der Waals surface area contributed by atoms with Crippen molar-refractivity contribution in [2.24, 2.45) is 46.3 Å². The van der Waals surface area contributed by atoms with Crippen LogP contribution in [0.4, 0.5) is 0 Å². The number of fused-ring (bicyclic) bond motifs is 7. The van der Waals surface area contributed by atoms with Gasteiger partial charge in [-0.3, -0.25) is 4.79 Å². The number of carbonyl (C=O) groups is 1. The average Bonchev–Trinajstić information content (AvgIpc) is 3.84. The summed E-state index contributed by atoms with van der Waals surface area (Å²) in [5, 5.41) is 119. The Morgan fingerprint density at radius 3 is 2.00 bits per heavy atom. The summed E-state index contributed by atoms with van der Waals surface area (Å²) in [6, 6.07) is 0. The highest BCUT2D eigenvalue weighted by molar-refractivity contribution is 5.66. The van der Waals surface area contributed by atoms with Crippen LogP contribution in [0.2, 0.25) is 0 Å². The molecule has 30 atom stereocenters. The number of hydrogen-bond donors (Lipinski definition) is 11. The van der Waals surface area contributed by atoms with Crippen LogP contribution in [0.15, 0.2) is 11.6 Å². The highest BCUT2D eigenvalue weighted by Crippen LogP contribution is 2.71. The molecule has 23 heteroatoms. The zero-order chi connectivity index (χ0) is 53.6. The molecule has 4 aliphatic carbocycles. The molecule has 0 aromatic carbocycles. The molecule has 11 N–H and O–H groups in total. The largest absolute Gasteiger partial charge is 0.454 e. The maximum absolute atomic E-state index is 12.8. The minimum Gasteiger partial charge on any atom is -0.454 e. The first-order valence-corrected chi connectivity index (χ1v) is 27.3. The van der Waals surface area contributed by atoms with E-state index in [4.69, 9.17) is 52.1 Å². The van der Waals surface area contributed by atoms with E-state index < -0.39 is 161 Å². The van der Waals surface area contributed by atoms with Crippen LogP contribution in [-0.2, 0) is 56.9 Å². The van der Waals surface area contributed by atoms with Crippen molar-refractivity contribution in [1.82, 2.24) is 0 Å². The minimum absolute atomic E-state index is 0.0784. The van der Waals surface area contributed by atoms with Crippen LogP contribution in [0.5, 0.6) is 0 Å². The molecule has 6 saturated heterocycles. The summed E-state index contributed by atoms with van der Waals surface area (Å²) in [5.74, 6) is 1.54. The predicted octanol–water partition coefficient (Wildman–Crippen LogP) is -1.78. The molecule has 1 spiro atoms. The first-order valence-electron chi connectivity index (χ1n) is 27.3. The highest BCUT2D eigenvalue weighted by atomic mass is 16.8. The molecule has 0 amide bonds. The van der Waals surface area contributed by atoms with Gasteiger partial charge in [-0.25, -0.2) is 0 Å². The molecule has 10 rings (SSSR count). The highest BCUT2D eigenvalue weighted by Gasteiger charge is 2.69. The van der Waals surface area contributed by atoms with Gasteiger partial charge >= 0.3 is 5.97 Å². The molecule has 0 aromatic heterocycles. The minimum atomic E-state index is -2.02. The maximum atomic E-state index is 12.8. The Morgan fingerprint density at radius 1 is 0.653 bits per heavy atom. The van der Waals surface area contributed by atoms with Crippen molar-refractivity contribution in [3.63, 3.8) is 0 Å². The SMILES string of the molecule is CC(=O)O[C@H]1[C@H](O[C@H]2CC[C@@]3(C)C(=CC[C@H]4[C@@H]5C[C@@H]6O[C@]7(CC[C@H](C)CO7)[C@@H](C)[C@@H]6[C@@]5(C)CC[C@@H]43)C2)O[C@H](CO)[C@H](O[C@@H]2O[C@H](CO)[C@@H](O)[C@H](O[C@@H]3OC[C@@H](O)[C@H](O)[C@H]3O)[C@H]2O[C@@H]2O[C@H](CO)[C@@H](O)[C@H](O)[C@H]2O)[C@@H]1O. The van der Waals surface area contributed by atoms with Crippen LogP contribution < -0.4 is 0 Å². The predicted molar refractivity (Wildman–Crippen MR) is 252 cm³/mol. The lowest BCUT2D eigenvalue weighted by molar-refractivity contribution is -0.403. The Morgan fingerprint density at radius 2 is 1.31 bits per heavy atom. The first-order chi connectivity index (χ1) is 35.7. The number of carbonyl (C=O) groups excluding carboxylic acids is 1. The van der Waals surface area contributed by atoms with Gasteiger partial charge in [0.25, 0.3) is 0 Å². The summed E-state index contributed by atoms with van der Waals surface area (Å²) in [6.07, 6.45) is -22.7. The summed E-state index contributed by atoms with van der Waals surface area (Å²) < 4.78 is 67.7. The summed E-state index contributed by atoms with van der Waals surface area (Å²) in [4.78, 5) is 12.8. The van der Waals surface area contributed by atoms with Gasteiger partial charge in [0, 0.05) is 19.3 Å². The number of hydrogen-bond acceptors (Lipinski definition) is 23. The van der Waals surface area contributed by atoms with E-state index >= 15 is 0 Å². The lowest BCUT2D eigenvalue weighted by atomic mass is 9.47. The number of esters is 1. The topological polar surface area (TPSA) is 341 Å². The lowest BCUT2D eigenvalue weighted by Crippen LogP contribution is -2.68. The third-order valence-corrected chi connectivity index (χ3v) is 19.7. The monoisotopic (exact) mass is 1070 g/mol. The Hall–Kier alpha value is -1.63. The number of aliphatic hydroxyl groups excluding tert-OH is 11. The lowest BCUT2D eigenvalue weighted by Gasteiger charge is -2.58. The van der Waals surface area contributed by atoms with E-state index in [1.54, 1.807) is 0 Å². The van der Waals surface area contributed by atoms with Crippen LogP contribution in [-0.4, -0.2) is 230 Å². The Balaban J connectivity index is 0.857. The fourth-order valence-corrected chi connectivity index (χ4v) is 15.6. The van der Waals surface area contributed by atoms with Gasteiger partial charge in [0.1, 0.15) is 85.5 Å². The normalized spacial score (nSPS) is 54.8. The van der Waals surface area contributed by atoms with Crippen LogP contribution in [0.25, 0.3) is 0 Å². The summed E-state index contributed by atoms with van der Waals surface area (Å²) in [6.45, 7) is 8.31. The molecule has 9 fully saturated rings. The van der Waals surface area contributed by atoms with Crippen molar-refractivity contribution >= 4 is 5.97 Å². The maximum Gasteiger partial charge on any atom is 0.303 e. The van der Waals surface area contributed by atoms with Crippen LogP contribution in [0.3, 0.4) is 0 Å². The Labute approximate surface area is 436 Å². The first kappa shape index (κ1) is 56.6. The molecule has 0 radical (unpaired) electrons. The zero-order valence-electron chi connectivity index (χ0n) is 43.4. The van der Waals surface area contributed by atoms with E-state index in [0.717, 1.165) is 58.5 Å². The summed E-state index contributed by atoms with van der Waals surface area (Å²) in [5.41, 5.74) is 1.37. The molecule has 0 unspecified atom stereocenters. The van der Waals surface area contributed by atoms with Gasteiger partial charge in [-0.15, -0.1) is 0 Å². The third kappa shape index (κ3) is 9.99. The Kier molecular flexibility index (Phi) is 16.6. The van der Waals surface area contributed by atoms with Crippen LogP contribution >= 0.6 is 0 Å². The number of aliphatic hydroxyl groups is 11. The number of ether oxygens (including phenoxy) is 11. The van der Waals surface area contributed by atoms with Gasteiger partial charge < -0.3 is 108 Å². The van der Waals surface area contributed by atoms with Crippen molar-refractivity contribution in [2.75, 3.05) is 33.0 Å². The van der Waals surface area contributed by atoms with Crippen LogP contribution in [0, 0.1) is 46.3 Å². The summed E-state index contributed by atoms with van der Waals surface area (Å²) in [7, 11) is 0.